The molecule has 190 valence electrons. The number of halogens is 3. The lowest BCUT2D eigenvalue weighted by molar-refractivity contribution is -0.0128. The Morgan fingerprint density at radius 3 is 2.78 bits per heavy atom. The summed E-state index contributed by atoms with van der Waals surface area (Å²) in [5.41, 5.74) is 4.41. The van der Waals surface area contributed by atoms with E-state index in [1.165, 1.54) is 12.4 Å². The smallest absolute Gasteiger partial charge is 0.275 e. The summed E-state index contributed by atoms with van der Waals surface area (Å²) >= 11 is 0. The first-order chi connectivity index (χ1) is 17.7. The van der Waals surface area contributed by atoms with Gasteiger partial charge in [-0.2, -0.15) is 0 Å². The molecule has 0 spiro atoms. The standard InChI is InChI=1S/C26H23F3N6O2/c1-14-7-15-11-34(12-26(2,28)29)24(36)22-23-19(17(15)8-30-14)10-32-25(35(23)13-33-22)31-9-18-16-5-6-37-21(16)4-3-20(18)27/h3-4,7-8,10,13H,5-6,9,11-12H2,1-2H3,(H,31,32). The van der Waals surface area contributed by atoms with Gasteiger partial charge in [-0.05, 0) is 30.7 Å². The first kappa shape index (κ1) is 23.3. The fourth-order valence-corrected chi connectivity index (χ4v) is 5.05. The summed E-state index contributed by atoms with van der Waals surface area (Å²) in [5, 5.41) is 3.15. The van der Waals surface area contributed by atoms with Crippen LogP contribution in [0.15, 0.2) is 36.9 Å². The fraction of sp³-hybridized carbons (Fsp3) is 0.308. The van der Waals surface area contributed by atoms with Gasteiger partial charge in [-0.1, -0.05) is 0 Å². The van der Waals surface area contributed by atoms with Gasteiger partial charge in [-0.15, -0.1) is 0 Å². The number of pyridine rings is 1. The summed E-state index contributed by atoms with van der Waals surface area (Å²) in [7, 11) is 0. The Hall–Kier alpha value is -4.15. The Kier molecular flexibility index (Phi) is 5.32. The number of anilines is 1. The van der Waals surface area contributed by atoms with Crippen molar-refractivity contribution in [1.82, 2.24) is 24.3 Å². The van der Waals surface area contributed by atoms with Gasteiger partial charge in [0.2, 0.25) is 5.95 Å². The molecule has 6 rings (SSSR count). The highest BCUT2D eigenvalue weighted by molar-refractivity contribution is 6.04. The molecule has 1 aromatic carbocycles. The molecule has 3 aromatic heterocycles. The fourth-order valence-electron chi connectivity index (χ4n) is 5.05. The van der Waals surface area contributed by atoms with Crippen LogP contribution in [0.3, 0.4) is 0 Å². The van der Waals surface area contributed by atoms with Crippen LogP contribution in [0.2, 0.25) is 0 Å². The summed E-state index contributed by atoms with van der Waals surface area (Å²) in [5.74, 6) is -3.06. The Morgan fingerprint density at radius 2 is 1.97 bits per heavy atom. The third kappa shape index (κ3) is 4.04. The number of benzene rings is 1. The van der Waals surface area contributed by atoms with E-state index < -0.39 is 18.4 Å². The van der Waals surface area contributed by atoms with Gasteiger partial charge >= 0.3 is 0 Å². The summed E-state index contributed by atoms with van der Waals surface area (Å²) < 4.78 is 49.9. The lowest BCUT2D eigenvalue weighted by Crippen LogP contribution is -2.40. The molecule has 0 atom stereocenters. The number of amides is 1. The van der Waals surface area contributed by atoms with Crippen LogP contribution in [0.25, 0.3) is 16.6 Å². The molecule has 0 bridgehead atoms. The van der Waals surface area contributed by atoms with E-state index in [-0.39, 0.29) is 24.6 Å². The van der Waals surface area contributed by atoms with Gasteiger partial charge in [0.1, 0.15) is 17.9 Å². The first-order valence-electron chi connectivity index (χ1n) is 11.9. The van der Waals surface area contributed by atoms with Gasteiger partial charge in [0.25, 0.3) is 11.8 Å². The molecule has 2 aliphatic rings. The van der Waals surface area contributed by atoms with E-state index in [0.29, 0.717) is 58.2 Å². The zero-order valence-electron chi connectivity index (χ0n) is 20.2. The van der Waals surface area contributed by atoms with Crippen LogP contribution in [-0.2, 0) is 19.5 Å². The number of aromatic nitrogens is 4. The Bertz CT molecular complexity index is 1560. The molecule has 0 saturated heterocycles. The first-order valence-corrected chi connectivity index (χ1v) is 11.9. The molecule has 1 amide bonds. The van der Waals surface area contributed by atoms with Crippen molar-refractivity contribution in [2.75, 3.05) is 18.5 Å². The third-order valence-electron chi connectivity index (χ3n) is 6.67. The number of imidazole rings is 1. The van der Waals surface area contributed by atoms with Crippen LogP contribution < -0.4 is 10.1 Å². The third-order valence-corrected chi connectivity index (χ3v) is 6.67. The van der Waals surface area contributed by atoms with E-state index in [4.69, 9.17) is 4.74 Å². The molecule has 0 fully saturated rings. The van der Waals surface area contributed by atoms with E-state index in [9.17, 15) is 18.0 Å². The highest BCUT2D eigenvalue weighted by Gasteiger charge is 2.34. The van der Waals surface area contributed by atoms with Crippen molar-refractivity contribution in [1.29, 1.82) is 0 Å². The summed E-state index contributed by atoms with van der Waals surface area (Å²) in [4.78, 5) is 27.8. The Labute approximate surface area is 210 Å². The predicted molar refractivity (Wildman–Crippen MR) is 129 cm³/mol. The number of rotatable bonds is 5. The predicted octanol–water partition coefficient (Wildman–Crippen LogP) is 4.40. The van der Waals surface area contributed by atoms with Crippen LogP contribution in [0.4, 0.5) is 19.1 Å². The van der Waals surface area contributed by atoms with Crippen molar-refractivity contribution in [3.63, 3.8) is 0 Å². The molecule has 1 N–H and O–H groups in total. The lowest BCUT2D eigenvalue weighted by atomic mass is 9.98. The quantitative estimate of drug-likeness (QED) is 0.430. The van der Waals surface area contributed by atoms with Gasteiger partial charge in [0, 0.05) is 66.8 Å². The highest BCUT2D eigenvalue weighted by Crippen LogP contribution is 2.35. The second-order valence-electron chi connectivity index (χ2n) is 9.48. The minimum absolute atomic E-state index is 0.0140. The Balaban J connectivity index is 1.46. The molecule has 4 aromatic rings. The van der Waals surface area contributed by atoms with E-state index in [2.05, 4.69) is 20.3 Å². The van der Waals surface area contributed by atoms with Crippen LogP contribution in [0.1, 0.15) is 39.8 Å². The number of nitrogens with one attached hydrogen (secondary N) is 1. The normalized spacial score (nSPS) is 14.7. The van der Waals surface area contributed by atoms with Crippen LogP contribution >= 0.6 is 0 Å². The Morgan fingerprint density at radius 1 is 1.16 bits per heavy atom. The second kappa shape index (κ2) is 8.46. The number of carbonyl (C=O) groups is 1. The number of carbonyl (C=O) groups excluding carboxylic acids is 1. The zero-order chi connectivity index (χ0) is 25.9. The number of hydrogen-bond donors (Lipinski definition) is 1. The average Bonchev–Trinajstić information content (AvgIpc) is 3.49. The molecule has 0 unspecified atom stereocenters. The van der Waals surface area contributed by atoms with Gasteiger partial charge < -0.3 is 15.0 Å². The molecule has 8 nitrogen and oxygen atoms in total. The molecule has 2 aliphatic heterocycles. The average molecular weight is 509 g/mol. The largest absolute Gasteiger partial charge is 0.493 e. The summed E-state index contributed by atoms with van der Waals surface area (Å²) in [6.45, 7) is 2.45. The van der Waals surface area contributed by atoms with Crippen LogP contribution in [0.5, 0.6) is 5.75 Å². The monoisotopic (exact) mass is 508 g/mol. The molecule has 37 heavy (non-hydrogen) atoms. The minimum Gasteiger partial charge on any atom is -0.493 e. The second-order valence-corrected chi connectivity index (χ2v) is 9.48. The van der Waals surface area contributed by atoms with Crippen molar-refractivity contribution >= 4 is 17.4 Å². The number of alkyl halides is 2. The summed E-state index contributed by atoms with van der Waals surface area (Å²) in [6, 6.07) is 4.78. The minimum atomic E-state index is -3.09. The number of fused-ring (bicyclic) bond motifs is 3. The number of hydrogen-bond acceptors (Lipinski definition) is 6. The topological polar surface area (TPSA) is 84.6 Å². The number of ether oxygens (including phenoxy) is 1. The molecule has 11 heteroatoms. The van der Waals surface area contributed by atoms with Gasteiger partial charge in [-0.25, -0.2) is 23.1 Å². The van der Waals surface area contributed by atoms with Crippen molar-refractivity contribution in [3.8, 4) is 16.9 Å². The van der Waals surface area contributed by atoms with E-state index >= 15 is 0 Å². The maximum Gasteiger partial charge on any atom is 0.275 e. The van der Waals surface area contributed by atoms with Crippen molar-refractivity contribution < 1.29 is 22.7 Å². The van der Waals surface area contributed by atoms with Gasteiger partial charge in [-0.3, -0.25) is 14.2 Å². The van der Waals surface area contributed by atoms with E-state index in [1.54, 1.807) is 35.9 Å². The maximum atomic E-state index is 14.7. The van der Waals surface area contributed by atoms with Crippen LogP contribution in [-0.4, -0.2) is 49.2 Å². The van der Waals surface area contributed by atoms with E-state index in [0.717, 1.165) is 17.4 Å². The van der Waals surface area contributed by atoms with E-state index in [1.807, 2.05) is 0 Å². The molecular weight excluding hydrogens is 485 g/mol. The highest BCUT2D eigenvalue weighted by atomic mass is 19.3. The molecule has 0 radical (unpaired) electrons. The summed E-state index contributed by atoms with van der Waals surface area (Å²) in [6.07, 6.45) is 5.29. The van der Waals surface area contributed by atoms with Crippen molar-refractivity contribution in [2.24, 2.45) is 0 Å². The van der Waals surface area contributed by atoms with Gasteiger partial charge in [0.15, 0.2) is 5.69 Å². The molecule has 0 aliphatic carbocycles. The van der Waals surface area contributed by atoms with Crippen LogP contribution in [0, 0.1) is 12.7 Å². The van der Waals surface area contributed by atoms with Crippen molar-refractivity contribution in [2.45, 2.75) is 39.3 Å². The SMILES string of the molecule is Cc1cc2c(cn1)-c1cnc(NCc3c(F)ccc4c3CCO4)n3cnc(c13)C(=O)N(CC(C)(F)F)C2. The van der Waals surface area contributed by atoms with Crippen molar-refractivity contribution in [3.05, 3.63) is 70.8 Å². The molecular formula is C26H23F3N6O2. The molecule has 5 heterocycles. The zero-order valence-corrected chi connectivity index (χ0v) is 20.2. The van der Waals surface area contributed by atoms with Gasteiger partial charge in [0.05, 0.1) is 18.7 Å². The number of aryl methyl sites for hydroxylation is 1. The number of nitrogens with zero attached hydrogens (tertiary/aromatic N) is 5. The molecule has 0 saturated carbocycles. The maximum absolute atomic E-state index is 14.7. The lowest BCUT2D eigenvalue weighted by Gasteiger charge is -2.28.